The lowest BCUT2D eigenvalue weighted by atomic mass is 10.7. The lowest BCUT2D eigenvalue weighted by Gasteiger charge is -2.09. The number of hydrogen-bond acceptors (Lipinski definition) is 1. The summed E-state index contributed by atoms with van der Waals surface area (Å²) in [5.41, 5.74) is 2.16. The molecule has 0 fully saturated rings. The maximum absolute atomic E-state index is 11.6. The van der Waals surface area contributed by atoms with E-state index in [9.17, 15) is 13.2 Å². The molecule has 1 rings (SSSR count). The largest absolute Gasteiger partial charge is 0.407 e. The molecule has 0 aliphatic rings. The van der Waals surface area contributed by atoms with Gasteiger partial charge in [0.15, 0.2) is 0 Å². The molecule has 0 atom stereocenters. The first-order valence-corrected chi connectivity index (χ1v) is 3.01. The van der Waals surface area contributed by atoms with Gasteiger partial charge in [-0.05, 0) is 12.1 Å². The van der Waals surface area contributed by atoms with Gasteiger partial charge in [0.2, 0.25) is 0 Å². The normalized spacial score (nSPS) is 11.5. The van der Waals surface area contributed by atoms with Gasteiger partial charge in [0.25, 0.3) is 0 Å². The molecular weight excluding hydrogens is 157 g/mol. The third-order valence-corrected chi connectivity index (χ3v) is 1.07. The third kappa shape index (κ3) is 2.97. The average Bonchev–Trinajstić information content (AvgIpc) is 2.32. The summed E-state index contributed by atoms with van der Waals surface area (Å²) in [7, 11) is 0. The van der Waals surface area contributed by atoms with E-state index in [1.165, 1.54) is 17.1 Å². The zero-order chi connectivity index (χ0) is 8.32. The molecule has 0 aliphatic heterocycles. The summed E-state index contributed by atoms with van der Waals surface area (Å²) in [5, 5.41) is 0. The van der Waals surface area contributed by atoms with E-state index in [0.717, 1.165) is 0 Å². The second kappa shape index (κ2) is 2.86. The first-order chi connectivity index (χ1) is 5.08. The Hall–Kier alpha value is -1.13. The van der Waals surface area contributed by atoms with Crippen LogP contribution in [0.2, 0.25) is 0 Å². The molecule has 0 radical (unpaired) electrons. The van der Waals surface area contributed by atoms with Gasteiger partial charge in [0.1, 0.15) is 6.54 Å². The maximum atomic E-state index is 11.6. The molecule has 1 heterocycles. The molecule has 0 unspecified atom stereocenters. The summed E-state index contributed by atoms with van der Waals surface area (Å²) < 4.78 is 36.0. The molecule has 62 valence electrons. The molecule has 2 nitrogen and oxygen atoms in total. The smallest absolute Gasteiger partial charge is 0.317 e. The van der Waals surface area contributed by atoms with Crippen LogP contribution in [0.4, 0.5) is 13.2 Å². The predicted molar refractivity (Wildman–Crippen MR) is 34.7 cm³/mol. The molecule has 1 N–H and O–H groups in total. The van der Waals surface area contributed by atoms with Crippen molar-refractivity contribution in [3.05, 3.63) is 24.5 Å². The molecular formula is C6H7F3N2. The Morgan fingerprint density at radius 1 is 1.18 bits per heavy atom. The molecule has 0 saturated carbocycles. The van der Waals surface area contributed by atoms with E-state index in [4.69, 9.17) is 0 Å². The van der Waals surface area contributed by atoms with Gasteiger partial charge in [0.05, 0.1) is 0 Å². The second-order valence-electron chi connectivity index (χ2n) is 2.04. The number of halogens is 3. The summed E-state index contributed by atoms with van der Waals surface area (Å²) in [5.74, 6) is 0. The zero-order valence-electron chi connectivity index (χ0n) is 5.60. The van der Waals surface area contributed by atoms with E-state index in [1.54, 1.807) is 12.1 Å². The lowest BCUT2D eigenvalue weighted by molar-refractivity contribution is -0.116. The topological polar surface area (TPSA) is 17.0 Å². The van der Waals surface area contributed by atoms with Crippen LogP contribution in [0.25, 0.3) is 0 Å². The summed E-state index contributed by atoms with van der Waals surface area (Å²) in [6.45, 7) is -1.01. The van der Waals surface area contributed by atoms with Gasteiger partial charge >= 0.3 is 6.18 Å². The standard InChI is InChI=1S/C6H7F3N2/c7-6(8,9)5-10-11-3-1-2-4-11/h1-4,10H,5H2. The van der Waals surface area contributed by atoms with Gasteiger partial charge in [-0.2, -0.15) is 13.2 Å². The fourth-order valence-corrected chi connectivity index (χ4v) is 0.621. The van der Waals surface area contributed by atoms with E-state index >= 15 is 0 Å². The summed E-state index contributed by atoms with van der Waals surface area (Å²) >= 11 is 0. The van der Waals surface area contributed by atoms with Crippen molar-refractivity contribution in [3.8, 4) is 0 Å². The highest BCUT2D eigenvalue weighted by Gasteiger charge is 2.26. The van der Waals surface area contributed by atoms with Crippen molar-refractivity contribution >= 4 is 0 Å². The third-order valence-electron chi connectivity index (χ3n) is 1.07. The minimum atomic E-state index is -4.16. The highest BCUT2D eigenvalue weighted by atomic mass is 19.4. The van der Waals surface area contributed by atoms with Gasteiger partial charge in [-0.15, -0.1) is 0 Å². The SMILES string of the molecule is FC(F)(F)CNn1cccc1. The van der Waals surface area contributed by atoms with Crippen molar-refractivity contribution in [2.75, 3.05) is 12.0 Å². The van der Waals surface area contributed by atoms with Crippen LogP contribution in [-0.2, 0) is 0 Å². The number of aromatic nitrogens is 1. The Balaban J connectivity index is 2.35. The Morgan fingerprint density at radius 3 is 2.18 bits per heavy atom. The Kier molecular flexibility index (Phi) is 2.07. The monoisotopic (exact) mass is 164 g/mol. The fraction of sp³-hybridized carbons (Fsp3) is 0.333. The van der Waals surface area contributed by atoms with Crippen molar-refractivity contribution in [1.29, 1.82) is 0 Å². The minimum absolute atomic E-state index is 1.01. The van der Waals surface area contributed by atoms with Crippen LogP contribution in [0.3, 0.4) is 0 Å². The van der Waals surface area contributed by atoms with Crippen LogP contribution in [0.5, 0.6) is 0 Å². The van der Waals surface area contributed by atoms with Crippen LogP contribution in [-0.4, -0.2) is 17.4 Å². The van der Waals surface area contributed by atoms with Crippen molar-refractivity contribution in [2.24, 2.45) is 0 Å². The Morgan fingerprint density at radius 2 is 1.73 bits per heavy atom. The van der Waals surface area contributed by atoms with Crippen molar-refractivity contribution in [1.82, 2.24) is 4.68 Å². The molecule has 11 heavy (non-hydrogen) atoms. The molecule has 0 aliphatic carbocycles. The summed E-state index contributed by atoms with van der Waals surface area (Å²) in [4.78, 5) is 0. The molecule has 0 bridgehead atoms. The maximum Gasteiger partial charge on any atom is 0.407 e. The lowest BCUT2D eigenvalue weighted by Crippen LogP contribution is -2.26. The fourth-order valence-electron chi connectivity index (χ4n) is 0.621. The minimum Gasteiger partial charge on any atom is -0.317 e. The van der Waals surface area contributed by atoms with Crippen LogP contribution >= 0.6 is 0 Å². The van der Waals surface area contributed by atoms with Crippen LogP contribution in [0.15, 0.2) is 24.5 Å². The first kappa shape index (κ1) is 7.97. The number of rotatable bonds is 2. The molecule has 0 amide bonds. The van der Waals surface area contributed by atoms with Crippen molar-refractivity contribution in [3.63, 3.8) is 0 Å². The highest BCUT2D eigenvalue weighted by molar-refractivity contribution is 4.93. The van der Waals surface area contributed by atoms with Gasteiger partial charge < -0.3 is 5.43 Å². The Bertz CT molecular complexity index is 202. The van der Waals surface area contributed by atoms with E-state index < -0.39 is 12.7 Å². The van der Waals surface area contributed by atoms with E-state index in [2.05, 4.69) is 5.43 Å². The van der Waals surface area contributed by atoms with Crippen LogP contribution in [0, 0.1) is 0 Å². The number of nitrogens with zero attached hydrogens (tertiary/aromatic N) is 1. The molecule has 1 aromatic heterocycles. The molecule has 0 aromatic carbocycles. The van der Waals surface area contributed by atoms with Crippen molar-refractivity contribution < 1.29 is 13.2 Å². The van der Waals surface area contributed by atoms with Gasteiger partial charge in [0, 0.05) is 12.4 Å². The van der Waals surface area contributed by atoms with E-state index in [1.807, 2.05) is 0 Å². The molecule has 0 saturated heterocycles. The van der Waals surface area contributed by atoms with Gasteiger partial charge in [-0.3, -0.25) is 4.68 Å². The summed E-state index contributed by atoms with van der Waals surface area (Å²) in [6.07, 6.45) is -1.15. The number of nitrogens with one attached hydrogen (secondary N) is 1. The highest BCUT2D eigenvalue weighted by Crippen LogP contribution is 2.12. The van der Waals surface area contributed by atoms with Gasteiger partial charge in [-0.1, -0.05) is 0 Å². The van der Waals surface area contributed by atoms with Crippen LogP contribution in [0.1, 0.15) is 0 Å². The molecule has 5 heteroatoms. The number of alkyl halides is 3. The zero-order valence-corrected chi connectivity index (χ0v) is 5.60. The van der Waals surface area contributed by atoms with Gasteiger partial charge in [-0.25, -0.2) is 0 Å². The van der Waals surface area contributed by atoms with E-state index in [-0.39, 0.29) is 0 Å². The van der Waals surface area contributed by atoms with Crippen molar-refractivity contribution in [2.45, 2.75) is 6.18 Å². The summed E-state index contributed by atoms with van der Waals surface area (Å²) in [6, 6.07) is 3.28. The number of hydrogen-bond donors (Lipinski definition) is 1. The van der Waals surface area contributed by atoms with E-state index in [0.29, 0.717) is 0 Å². The quantitative estimate of drug-likeness (QED) is 0.702. The van der Waals surface area contributed by atoms with Crippen LogP contribution < -0.4 is 5.43 Å². The average molecular weight is 164 g/mol. The predicted octanol–water partition coefficient (Wildman–Crippen LogP) is 1.59. The molecule has 0 spiro atoms. The molecule has 1 aromatic rings. The second-order valence-corrected chi connectivity index (χ2v) is 2.04. The first-order valence-electron chi connectivity index (χ1n) is 3.01. The Labute approximate surface area is 61.6 Å².